The van der Waals surface area contributed by atoms with Gasteiger partial charge < -0.3 is 0 Å². The summed E-state index contributed by atoms with van der Waals surface area (Å²) >= 11 is 4.74. The normalized spacial score (nSPS) is 11.5. The van der Waals surface area contributed by atoms with Gasteiger partial charge in [-0.3, -0.25) is 0 Å². The van der Waals surface area contributed by atoms with E-state index in [0.717, 1.165) is 55.3 Å². The summed E-state index contributed by atoms with van der Waals surface area (Å²) in [6, 6.07) is 53.6. The van der Waals surface area contributed by atoms with Crippen LogP contribution < -0.4 is 4.90 Å². The van der Waals surface area contributed by atoms with Crippen LogP contribution in [0.4, 0.5) is 11.5 Å². The Bertz CT molecular complexity index is 2590. The summed E-state index contributed by atoms with van der Waals surface area (Å²) in [7, 11) is 0. The number of nitrogens with zero attached hydrogens (tertiary/aromatic N) is 5. The molecule has 0 saturated heterocycles. The third-order valence-corrected chi connectivity index (χ3v) is 9.06. The predicted octanol–water partition coefficient (Wildman–Crippen LogP) is 9.58. The zero-order chi connectivity index (χ0) is 31.3. The SMILES string of the molecule is [Co]=[CH]N(c1ccccc1)c1nc(-n2c3ccccc3c3ccc4c5ccccc5n(-c5ccccc5)c4c32)ncc1-c1[c-]cccc1. The van der Waals surface area contributed by atoms with Crippen molar-refractivity contribution < 1.29 is 15.3 Å². The van der Waals surface area contributed by atoms with Crippen LogP contribution in [0.3, 0.4) is 0 Å². The van der Waals surface area contributed by atoms with Crippen LogP contribution in [0.1, 0.15) is 0 Å². The number of hydrogen-bond acceptors (Lipinski definition) is 3. The quantitative estimate of drug-likeness (QED) is 0.169. The topological polar surface area (TPSA) is 38.9 Å². The van der Waals surface area contributed by atoms with Gasteiger partial charge in [0, 0.05) is 0 Å². The number of fused-ring (bicyclic) bond motifs is 7. The van der Waals surface area contributed by atoms with Crippen LogP contribution in [0.25, 0.3) is 66.4 Å². The van der Waals surface area contributed by atoms with E-state index in [9.17, 15) is 0 Å². The third kappa shape index (κ3) is 4.34. The van der Waals surface area contributed by atoms with Gasteiger partial charge in [-0.25, -0.2) is 0 Å². The van der Waals surface area contributed by atoms with Gasteiger partial charge in [0.15, 0.2) is 0 Å². The van der Waals surface area contributed by atoms with E-state index in [-0.39, 0.29) is 0 Å². The first kappa shape index (κ1) is 27.5. The van der Waals surface area contributed by atoms with Crippen molar-refractivity contribution in [3.8, 4) is 22.8 Å². The van der Waals surface area contributed by atoms with E-state index in [1.165, 1.54) is 10.8 Å². The Balaban J connectivity index is 1.43. The van der Waals surface area contributed by atoms with Crippen LogP contribution in [0, 0.1) is 6.07 Å². The van der Waals surface area contributed by atoms with Crippen LogP contribution in [0.2, 0.25) is 0 Å². The minimum absolute atomic E-state index is 0.568. The number of rotatable bonds is 6. The fourth-order valence-electron chi connectivity index (χ4n) is 6.76. The number of hydrogen-bond donors (Lipinski definition) is 0. The van der Waals surface area contributed by atoms with E-state index in [4.69, 9.17) is 25.3 Å². The summed E-state index contributed by atoms with van der Waals surface area (Å²) < 4.78 is 4.59. The molecule has 225 valence electrons. The van der Waals surface area contributed by atoms with Gasteiger partial charge in [0.2, 0.25) is 0 Å². The first-order valence-corrected chi connectivity index (χ1v) is 16.0. The maximum atomic E-state index is 5.37. The molecule has 0 amide bonds. The van der Waals surface area contributed by atoms with E-state index in [2.05, 4.69) is 106 Å². The number of aromatic nitrogens is 4. The van der Waals surface area contributed by atoms with E-state index in [0.29, 0.717) is 11.8 Å². The summed E-state index contributed by atoms with van der Waals surface area (Å²) in [6.45, 7) is 0. The molecule has 0 aliphatic heterocycles. The Morgan fingerprint density at radius 1 is 0.596 bits per heavy atom. The van der Waals surface area contributed by atoms with Crippen LogP contribution in [-0.2, 0) is 15.3 Å². The van der Waals surface area contributed by atoms with E-state index in [1.807, 2.05) is 65.7 Å². The van der Waals surface area contributed by atoms with Crippen molar-refractivity contribution in [3.05, 3.63) is 158 Å². The first-order valence-electron chi connectivity index (χ1n) is 15.4. The Labute approximate surface area is 279 Å². The molecule has 0 N–H and O–H groups in total. The average Bonchev–Trinajstić information content (AvgIpc) is 3.66. The molecule has 0 unspecified atom stereocenters. The Kier molecular flexibility index (Phi) is 6.55. The Morgan fingerprint density at radius 3 is 1.85 bits per heavy atom. The molecule has 6 heteroatoms. The summed E-state index contributed by atoms with van der Waals surface area (Å²) in [5.41, 5.74) is 8.13. The van der Waals surface area contributed by atoms with Crippen molar-refractivity contribution in [2.75, 3.05) is 4.90 Å². The third-order valence-electron chi connectivity index (χ3n) is 8.79. The summed E-state index contributed by atoms with van der Waals surface area (Å²) in [6.07, 6.45) is 1.91. The summed E-state index contributed by atoms with van der Waals surface area (Å²) in [5, 5.41) is 6.39. The molecule has 0 radical (unpaired) electrons. The Hall–Kier alpha value is -5.82. The molecule has 0 saturated carbocycles. The van der Waals surface area contributed by atoms with Crippen molar-refractivity contribution in [2.24, 2.45) is 0 Å². The molecular weight excluding hydrogens is 621 g/mol. The van der Waals surface area contributed by atoms with Gasteiger partial charge in [-0.05, 0) is 0 Å². The molecule has 0 atom stereocenters. The van der Waals surface area contributed by atoms with Crippen LogP contribution in [0.5, 0.6) is 0 Å². The van der Waals surface area contributed by atoms with Crippen molar-refractivity contribution >= 4 is 60.2 Å². The molecule has 0 aliphatic rings. The standard InChI is InChI=1S/C41H26N5.Co/c1-44(29-17-7-3-8-18-29)40-35(28-15-5-2-6-16-28)27-42-41(43-40)46-37-24-14-12-22-32(37)34-26-25-33-31-21-11-13-23-36(31)45(38(33)39(34)46)30-19-9-4-10-20-30;/h1-15,17-27H;/q-1;. The van der Waals surface area contributed by atoms with Crippen LogP contribution >= 0.6 is 0 Å². The molecule has 3 aromatic heterocycles. The predicted molar refractivity (Wildman–Crippen MR) is 190 cm³/mol. The summed E-state index contributed by atoms with van der Waals surface area (Å²) in [4.78, 5) is 12.5. The van der Waals surface area contributed by atoms with Gasteiger partial charge in [0.05, 0.1) is 0 Å². The summed E-state index contributed by atoms with van der Waals surface area (Å²) in [5.74, 6) is 1.28. The number of anilines is 2. The molecule has 3 heterocycles. The van der Waals surface area contributed by atoms with E-state index in [1.54, 1.807) is 5.08 Å². The number of para-hydroxylation sites is 4. The number of benzene rings is 6. The van der Waals surface area contributed by atoms with Gasteiger partial charge >= 0.3 is 274 Å². The minimum atomic E-state index is 0.568. The Morgan fingerprint density at radius 2 is 1.19 bits per heavy atom. The van der Waals surface area contributed by atoms with Crippen LogP contribution in [-0.4, -0.2) is 24.2 Å². The first-order chi connectivity index (χ1) is 23.3. The van der Waals surface area contributed by atoms with Crippen molar-refractivity contribution in [2.45, 2.75) is 0 Å². The molecule has 0 aliphatic carbocycles. The molecular formula is C41H26CoN5-. The maximum absolute atomic E-state index is 5.37. The molecule has 9 aromatic rings. The van der Waals surface area contributed by atoms with Gasteiger partial charge in [0.25, 0.3) is 0 Å². The second kappa shape index (κ2) is 11.2. The van der Waals surface area contributed by atoms with Gasteiger partial charge in [-0.2, -0.15) is 0 Å². The molecule has 6 aromatic carbocycles. The second-order valence-electron chi connectivity index (χ2n) is 11.4. The zero-order valence-electron chi connectivity index (χ0n) is 25.1. The molecule has 9 rings (SSSR count). The molecule has 0 spiro atoms. The van der Waals surface area contributed by atoms with Gasteiger partial charge in [-0.1, -0.05) is 6.07 Å². The molecule has 0 fully saturated rings. The monoisotopic (exact) mass is 647 g/mol. The van der Waals surface area contributed by atoms with Crippen molar-refractivity contribution in [3.63, 3.8) is 0 Å². The zero-order valence-corrected chi connectivity index (χ0v) is 26.1. The van der Waals surface area contributed by atoms with Crippen LogP contribution in [0.15, 0.2) is 152 Å². The van der Waals surface area contributed by atoms with E-state index >= 15 is 0 Å². The average molecular weight is 648 g/mol. The van der Waals surface area contributed by atoms with Gasteiger partial charge in [-0.15, -0.1) is 0 Å². The van der Waals surface area contributed by atoms with Crippen molar-refractivity contribution in [1.82, 2.24) is 19.1 Å². The second-order valence-corrected chi connectivity index (χ2v) is 11.6. The fourth-order valence-corrected chi connectivity index (χ4v) is 7.04. The molecule has 0 bridgehead atoms. The molecule has 5 nitrogen and oxygen atoms in total. The molecule has 47 heavy (non-hydrogen) atoms. The van der Waals surface area contributed by atoms with Crippen molar-refractivity contribution in [1.29, 1.82) is 0 Å². The van der Waals surface area contributed by atoms with Gasteiger partial charge in [0.1, 0.15) is 0 Å². The van der Waals surface area contributed by atoms with E-state index < -0.39 is 0 Å². The fraction of sp³-hybridized carbons (Fsp3) is 0.